The Hall–Kier alpha value is -1.47. The van der Waals surface area contributed by atoms with Crippen LogP contribution in [0.3, 0.4) is 0 Å². The summed E-state index contributed by atoms with van der Waals surface area (Å²) >= 11 is 0. The summed E-state index contributed by atoms with van der Waals surface area (Å²) in [6.45, 7) is 2.19. The average molecular weight is 324 g/mol. The molecule has 0 amide bonds. The summed E-state index contributed by atoms with van der Waals surface area (Å²) < 4.78 is 32.0. The summed E-state index contributed by atoms with van der Waals surface area (Å²) in [7, 11) is -2.42. The maximum absolute atomic E-state index is 12.9. The van der Waals surface area contributed by atoms with Gasteiger partial charge in [0.1, 0.15) is 10.9 Å². The first-order chi connectivity index (χ1) is 10.4. The molecule has 0 N–H and O–H groups in total. The zero-order valence-electron chi connectivity index (χ0n) is 12.7. The van der Waals surface area contributed by atoms with Gasteiger partial charge in [-0.2, -0.15) is 4.31 Å². The number of hydrogen-bond donors (Lipinski definition) is 0. The molecule has 1 saturated heterocycles. The molecule has 1 aromatic heterocycles. The van der Waals surface area contributed by atoms with E-state index in [-0.39, 0.29) is 16.7 Å². The van der Waals surface area contributed by atoms with E-state index in [2.05, 4.69) is 4.98 Å². The number of rotatable bonds is 3. The van der Waals surface area contributed by atoms with Crippen molar-refractivity contribution in [3.8, 4) is 0 Å². The smallest absolute Gasteiger partial charge is 0.324 e. The Morgan fingerprint density at radius 1 is 1.36 bits per heavy atom. The van der Waals surface area contributed by atoms with Crippen LogP contribution >= 0.6 is 0 Å². The van der Waals surface area contributed by atoms with E-state index in [1.54, 1.807) is 19.1 Å². The summed E-state index contributed by atoms with van der Waals surface area (Å²) in [5.74, 6) is -0.143. The molecule has 7 heteroatoms. The zero-order valence-corrected chi connectivity index (χ0v) is 13.5. The second-order valence-electron chi connectivity index (χ2n) is 6.03. The van der Waals surface area contributed by atoms with Gasteiger partial charge in [-0.25, -0.2) is 8.42 Å². The SMILES string of the molecule is COC(=O)C1C2CCCC2CN1S(=O)(=O)c1ccc(C)nc1. The van der Waals surface area contributed by atoms with E-state index in [9.17, 15) is 13.2 Å². The number of sulfonamides is 1. The molecule has 1 aromatic rings. The zero-order chi connectivity index (χ0) is 15.9. The van der Waals surface area contributed by atoms with Gasteiger partial charge in [0.2, 0.25) is 10.0 Å². The molecule has 1 saturated carbocycles. The molecule has 0 spiro atoms. The number of nitrogens with zero attached hydrogens (tertiary/aromatic N) is 2. The lowest BCUT2D eigenvalue weighted by Gasteiger charge is -2.24. The van der Waals surface area contributed by atoms with Crippen LogP contribution in [0.25, 0.3) is 0 Å². The average Bonchev–Trinajstić information content (AvgIpc) is 3.07. The quantitative estimate of drug-likeness (QED) is 0.785. The van der Waals surface area contributed by atoms with E-state index in [4.69, 9.17) is 4.74 Å². The minimum atomic E-state index is -3.73. The summed E-state index contributed by atoms with van der Waals surface area (Å²) in [6, 6.07) is 2.50. The fourth-order valence-electron chi connectivity index (χ4n) is 3.67. The second-order valence-corrected chi connectivity index (χ2v) is 7.92. The fraction of sp³-hybridized carbons (Fsp3) is 0.600. The molecule has 0 aromatic carbocycles. The minimum Gasteiger partial charge on any atom is -0.468 e. The van der Waals surface area contributed by atoms with Crippen LogP contribution in [0.4, 0.5) is 0 Å². The Labute approximate surface area is 130 Å². The Morgan fingerprint density at radius 2 is 2.14 bits per heavy atom. The van der Waals surface area contributed by atoms with Crippen LogP contribution in [0.15, 0.2) is 23.2 Å². The highest BCUT2D eigenvalue weighted by molar-refractivity contribution is 7.89. The van der Waals surface area contributed by atoms with Gasteiger partial charge in [-0.05, 0) is 43.7 Å². The van der Waals surface area contributed by atoms with E-state index in [1.807, 2.05) is 0 Å². The van der Waals surface area contributed by atoms with E-state index in [0.717, 1.165) is 25.0 Å². The highest BCUT2D eigenvalue weighted by atomic mass is 32.2. The molecule has 120 valence electrons. The molecule has 2 fully saturated rings. The minimum absolute atomic E-state index is 0.0700. The van der Waals surface area contributed by atoms with Crippen molar-refractivity contribution in [1.29, 1.82) is 0 Å². The highest BCUT2D eigenvalue weighted by Gasteiger charge is 2.52. The predicted octanol–water partition coefficient (Wildman–Crippen LogP) is 1.35. The first-order valence-electron chi connectivity index (χ1n) is 7.47. The molecular formula is C15H20N2O4S. The lowest BCUT2D eigenvalue weighted by Crippen LogP contribution is -2.43. The Kier molecular flexibility index (Phi) is 3.94. The van der Waals surface area contributed by atoms with Crippen molar-refractivity contribution in [2.24, 2.45) is 11.8 Å². The number of aryl methyl sites for hydroxylation is 1. The molecular weight excluding hydrogens is 304 g/mol. The normalized spacial score (nSPS) is 28.5. The van der Waals surface area contributed by atoms with Crippen LogP contribution in [0.1, 0.15) is 25.0 Å². The molecule has 3 unspecified atom stereocenters. The van der Waals surface area contributed by atoms with Gasteiger partial charge in [0, 0.05) is 18.4 Å². The van der Waals surface area contributed by atoms with Crippen molar-refractivity contribution < 1.29 is 17.9 Å². The molecule has 3 rings (SSSR count). The largest absolute Gasteiger partial charge is 0.468 e. The first-order valence-corrected chi connectivity index (χ1v) is 8.91. The molecule has 0 bridgehead atoms. The number of fused-ring (bicyclic) bond motifs is 1. The number of methoxy groups -OCH3 is 1. The van der Waals surface area contributed by atoms with Crippen molar-refractivity contribution in [2.45, 2.75) is 37.1 Å². The van der Waals surface area contributed by atoms with Crippen LogP contribution in [-0.4, -0.2) is 43.4 Å². The van der Waals surface area contributed by atoms with E-state index in [0.29, 0.717) is 6.54 Å². The van der Waals surface area contributed by atoms with Crippen molar-refractivity contribution in [3.63, 3.8) is 0 Å². The van der Waals surface area contributed by atoms with E-state index in [1.165, 1.54) is 17.6 Å². The van der Waals surface area contributed by atoms with Gasteiger partial charge in [0.05, 0.1) is 7.11 Å². The number of aromatic nitrogens is 1. The van der Waals surface area contributed by atoms with Crippen molar-refractivity contribution >= 4 is 16.0 Å². The molecule has 2 aliphatic rings. The maximum Gasteiger partial charge on any atom is 0.324 e. The van der Waals surface area contributed by atoms with Crippen molar-refractivity contribution in [1.82, 2.24) is 9.29 Å². The molecule has 3 atom stereocenters. The van der Waals surface area contributed by atoms with Gasteiger partial charge in [0.15, 0.2) is 0 Å². The lowest BCUT2D eigenvalue weighted by atomic mass is 9.94. The van der Waals surface area contributed by atoms with Gasteiger partial charge in [-0.1, -0.05) is 6.42 Å². The van der Waals surface area contributed by atoms with Gasteiger partial charge in [-0.15, -0.1) is 0 Å². The van der Waals surface area contributed by atoms with Gasteiger partial charge >= 0.3 is 5.97 Å². The van der Waals surface area contributed by atoms with Gasteiger partial charge in [-0.3, -0.25) is 9.78 Å². The molecule has 1 aliphatic carbocycles. The number of ether oxygens (including phenoxy) is 1. The molecule has 1 aliphatic heterocycles. The van der Waals surface area contributed by atoms with Crippen molar-refractivity contribution in [2.75, 3.05) is 13.7 Å². The standard InChI is InChI=1S/C15H20N2O4S/c1-10-6-7-12(8-16-10)22(19,20)17-9-11-4-3-5-13(11)14(17)15(18)21-2/h6-8,11,13-14H,3-5,9H2,1-2H3. The van der Waals surface area contributed by atoms with Crippen LogP contribution in [0.2, 0.25) is 0 Å². The third-order valence-electron chi connectivity index (χ3n) is 4.78. The van der Waals surface area contributed by atoms with E-state index >= 15 is 0 Å². The number of hydrogen-bond acceptors (Lipinski definition) is 5. The molecule has 6 nitrogen and oxygen atoms in total. The Bertz CT molecular complexity index is 671. The number of pyridine rings is 1. The third-order valence-corrected chi connectivity index (χ3v) is 6.61. The number of carbonyl (C=O) groups is 1. The van der Waals surface area contributed by atoms with Crippen LogP contribution in [0, 0.1) is 18.8 Å². The van der Waals surface area contributed by atoms with Crippen LogP contribution in [0.5, 0.6) is 0 Å². The number of esters is 1. The Balaban J connectivity index is 1.98. The van der Waals surface area contributed by atoms with Crippen molar-refractivity contribution in [3.05, 3.63) is 24.0 Å². The highest BCUT2D eigenvalue weighted by Crippen LogP contribution is 2.44. The van der Waals surface area contributed by atoms with Gasteiger partial charge < -0.3 is 4.74 Å². The van der Waals surface area contributed by atoms with Crippen LogP contribution < -0.4 is 0 Å². The summed E-state index contributed by atoms with van der Waals surface area (Å²) in [5, 5.41) is 0. The predicted molar refractivity (Wildman–Crippen MR) is 79.5 cm³/mol. The topological polar surface area (TPSA) is 76.6 Å². The monoisotopic (exact) mass is 324 g/mol. The summed E-state index contributed by atoms with van der Waals surface area (Å²) in [6.07, 6.45) is 4.24. The molecule has 22 heavy (non-hydrogen) atoms. The molecule has 0 radical (unpaired) electrons. The van der Waals surface area contributed by atoms with Crippen LogP contribution in [-0.2, 0) is 19.6 Å². The summed E-state index contributed by atoms with van der Waals surface area (Å²) in [5.41, 5.74) is 0.752. The summed E-state index contributed by atoms with van der Waals surface area (Å²) in [4.78, 5) is 16.3. The first kappa shape index (κ1) is 15.4. The maximum atomic E-state index is 12.9. The van der Waals surface area contributed by atoms with E-state index < -0.39 is 22.0 Å². The third kappa shape index (κ3) is 2.42. The molecule has 2 heterocycles. The number of carbonyl (C=O) groups excluding carboxylic acids is 1. The van der Waals surface area contributed by atoms with Gasteiger partial charge in [0.25, 0.3) is 0 Å². The fourth-order valence-corrected chi connectivity index (χ4v) is 5.29. The lowest BCUT2D eigenvalue weighted by molar-refractivity contribution is -0.145. The Morgan fingerprint density at radius 3 is 2.77 bits per heavy atom. The second kappa shape index (κ2) is 5.62.